The van der Waals surface area contributed by atoms with E-state index >= 15 is 0 Å². The minimum atomic E-state index is -0.0161. The zero-order chi connectivity index (χ0) is 11.9. The Bertz CT molecular complexity index is 528. The summed E-state index contributed by atoms with van der Waals surface area (Å²) in [6, 6.07) is 6.30. The van der Waals surface area contributed by atoms with Crippen LogP contribution in [0.2, 0.25) is 5.15 Å². The van der Waals surface area contributed by atoms with Crippen LogP contribution in [-0.2, 0) is 13.7 Å². The molecule has 0 unspecified atom stereocenters. The fourth-order valence-corrected chi connectivity index (χ4v) is 2.27. The predicted octanol–water partition coefficient (Wildman–Crippen LogP) is 3.45. The Morgan fingerprint density at radius 1 is 1.38 bits per heavy atom. The third-order valence-electron chi connectivity index (χ3n) is 3.08. The molecule has 0 fully saturated rings. The summed E-state index contributed by atoms with van der Waals surface area (Å²) in [5.74, 6) is 0.481. The molecule has 1 N–H and O–H groups in total. The van der Waals surface area contributed by atoms with E-state index < -0.39 is 0 Å². The highest BCUT2D eigenvalue weighted by Crippen LogP contribution is 2.31. The van der Waals surface area contributed by atoms with E-state index in [0.29, 0.717) is 11.1 Å². The highest BCUT2D eigenvalue weighted by atomic mass is 35.5. The first-order valence-corrected chi connectivity index (χ1v) is 5.81. The van der Waals surface area contributed by atoms with Crippen LogP contribution in [0.25, 0.3) is 10.9 Å². The molecule has 0 aliphatic carbocycles. The van der Waals surface area contributed by atoms with Crippen LogP contribution < -0.4 is 0 Å². The Morgan fingerprint density at radius 3 is 2.62 bits per heavy atom. The Kier molecular flexibility index (Phi) is 2.96. The summed E-state index contributed by atoms with van der Waals surface area (Å²) in [5.41, 5.74) is 3.16. The van der Waals surface area contributed by atoms with Gasteiger partial charge in [0.2, 0.25) is 0 Å². The van der Waals surface area contributed by atoms with Crippen molar-refractivity contribution in [3.05, 3.63) is 34.5 Å². The van der Waals surface area contributed by atoms with Gasteiger partial charge in [0.15, 0.2) is 0 Å². The maximum Gasteiger partial charge on any atom is 0.115 e. The van der Waals surface area contributed by atoms with E-state index in [2.05, 4.69) is 32.0 Å². The van der Waals surface area contributed by atoms with Gasteiger partial charge in [0.25, 0.3) is 0 Å². The molecule has 1 aromatic heterocycles. The van der Waals surface area contributed by atoms with E-state index in [1.807, 2.05) is 11.6 Å². The second-order valence-electron chi connectivity index (χ2n) is 4.42. The zero-order valence-corrected chi connectivity index (χ0v) is 10.5. The zero-order valence-electron chi connectivity index (χ0n) is 9.79. The average Bonchev–Trinajstić information content (AvgIpc) is 2.51. The molecule has 2 aromatic rings. The smallest absolute Gasteiger partial charge is 0.115 e. The number of benzene rings is 1. The van der Waals surface area contributed by atoms with Gasteiger partial charge in [-0.05, 0) is 23.6 Å². The molecular weight excluding hydrogens is 222 g/mol. The van der Waals surface area contributed by atoms with Crippen molar-refractivity contribution in [2.24, 2.45) is 7.05 Å². The number of rotatable bonds is 2. The monoisotopic (exact) mass is 237 g/mol. The molecule has 0 amide bonds. The number of hydrogen-bond acceptors (Lipinski definition) is 1. The number of aliphatic hydroxyl groups excluding tert-OH is 1. The number of halogens is 1. The molecule has 0 atom stereocenters. The molecular formula is C13H16ClNO. The molecule has 3 heteroatoms. The second kappa shape index (κ2) is 4.11. The van der Waals surface area contributed by atoms with Crippen molar-refractivity contribution in [2.75, 3.05) is 0 Å². The predicted molar refractivity (Wildman–Crippen MR) is 67.9 cm³/mol. The van der Waals surface area contributed by atoms with Crippen LogP contribution in [0, 0.1) is 0 Å². The molecule has 1 aromatic carbocycles. The lowest BCUT2D eigenvalue weighted by molar-refractivity contribution is 0.283. The van der Waals surface area contributed by atoms with Crippen LogP contribution in [-0.4, -0.2) is 9.67 Å². The van der Waals surface area contributed by atoms with Crippen molar-refractivity contribution >= 4 is 22.5 Å². The molecule has 2 rings (SSSR count). The number of fused-ring (bicyclic) bond motifs is 1. The fraction of sp³-hybridized carbons (Fsp3) is 0.385. The third-order valence-corrected chi connectivity index (χ3v) is 3.56. The van der Waals surface area contributed by atoms with Crippen LogP contribution >= 0.6 is 11.6 Å². The van der Waals surface area contributed by atoms with E-state index in [0.717, 1.165) is 16.5 Å². The van der Waals surface area contributed by atoms with E-state index in [9.17, 15) is 5.11 Å². The first kappa shape index (κ1) is 11.5. The molecule has 86 valence electrons. The van der Waals surface area contributed by atoms with Gasteiger partial charge in [-0.2, -0.15) is 0 Å². The van der Waals surface area contributed by atoms with Gasteiger partial charge >= 0.3 is 0 Å². The first-order valence-electron chi connectivity index (χ1n) is 5.43. The van der Waals surface area contributed by atoms with Gasteiger partial charge in [0, 0.05) is 23.5 Å². The van der Waals surface area contributed by atoms with Crippen molar-refractivity contribution in [3.63, 3.8) is 0 Å². The van der Waals surface area contributed by atoms with Crippen LogP contribution in [0.4, 0.5) is 0 Å². The van der Waals surface area contributed by atoms with Crippen molar-refractivity contribution < 1.29 is 5.11 Å². The molecule has 0 aliphatic rings. The number of aromatic nitrogens is 1. The van der Waals surface area contributed by atoms with E-state index in [-0.39, 0.29) is 6.61 Å². The molecule has 0 aliphatic heterocycles. The van der Waals surface area contributed by atoms with Gasteiger partial charge in [-0.25, -0.2) is 0 Å². The van der Waals surface area contributed by atoms with Crippen molar-refractivity contribution in [1.82, 2.24) is 4.57 Å². The van der Waals surface area contributed by atoms with Gasteiger partial charge in [0.05, 0.1) is 6.61 Å². The van der Waals surface area contributed by atoms with E-state index in [4.69, 9.17) is 11.6 Å². The average molecular weight is 238 g/mol. The quantitative estimate of drug-likeness (QED) is 0.851. The summed E-state index contributed by atoms with van der Waals surface area (Å²) in [6.07, 6.45) is 0. The molecule has 0 saturated carbocycles. The molecule has 16 heavy (non-hydrogen) atoms. The molecule has 0 bridgehead atoms. The van der Waals surface area contributed by atoms with E-state index in [1.165, 1.54) is 5.56 Å². The largest absolute Gasteiger partial charge is 0.392 e. The molecule has 1 heterocycles. The topological polar surface area (TPSA) is 25.2 Å². The van der Waals surface area contributed by atoms with Crippen LogP contribution in [0.1, 0.15) is 30.9 Å². The summed E-state index contributed by atoms with van der Waals surface area (Å²) < 4.78 is 1.91. The molecule has 2 nitrogen and oxygen atoms in total. The van der Waals surface area contributed by atoms with Crippen molar-refractivity contribution in [2.45, 2.75) is 26.4 Å². The fourth-order valence-electron chi connectivity index (χ4n) is 2.02. The Hall–Kier alpha value is -0.990. The summed E-state index contributed by atoms with van der Waals surface area (Å²) in [4.78, 5) is 0. The van der Waals surface area contributed by atoms with Gasteiger partial charge < -0.3 is 9.67 Å². The lowest BCUT2D eigenvalue weighted by Crippen LogP contribution is -1.88. The Labute approximate surface area is 100 Å². The van der Waals surface area contributed by atoms with Gasteiger partial charge in [-0.3, -0.25) is 0 Å². The summed E-state index contributed by atoms with van der Waals surface area (Å²) in [5, 5.41) is 11.0. The molecule has 0 radical (unpaired) electrons. The van der Waals surface area contributed by atoms with Crippen LogP contribution in [0.3, 0.4) is 0 Å². The second-order valence-corrected chi connectivity index (χ2v) is 4.78. The maximum atomic E-state index is 9.36. The maximum absolute atomic E-state index is 9.36. The standard InChI is InChI=1S/C13H16ClNO/c1-8(2)9-4-5-12-10(6-9)11(7-16)13(14)15(12)3/h4-6,8,16H,7H2,1-3H3. The van der Waals surface area contributed by atoms with Crippen molar-refractivity contribution in [3.8, 4) is 0 Å². The minimum absolute atomic E-state index is 0.0161. The first-order chi connectivity index (χ1) is 7.56. The van der Waals surface area contributed by atoms with Crippen LogP contribution in [0.15, 0.2) is 18.2 Å². The van der Waals surface area contributed by atoms with Gasteiger partial charge in [-0.15, -0.1) is 0 Å². The molecule has 0 spiro atoms. The van der Waals surface area contributed by atoms with Gasteiger partial charge in [-0.1, -0.05) is 31.5 Å². The number of aryl methyl sites for hydroxylation is 1. The lowest BCUT2D eigenvalue weighted by atomic mass is 10.0. The highest BCUT2D eigenvalue weighted by Gasteiger charge is 2.13. The third kappa shape index (κ3) is 1.62. The SMILES string of the molecule is CC(C)c1ccc2c(c1)c(CO)c(Cl)n2C. The van der Waals surface area contributed by atoms with Crippen molar-refractivity contribution in [1.29, 1.82) is 0 Å². The Morgan fingerprint density at radius 2 is 2.06 bits per heavy atom. The summed E-state index contributed by atoms with van der Waals surface area (Å²) in [6.45, 7) is 4.30. The number of nitrogens with zero attached hydrogens (tertiary/aromatic N) is 1. The number of hydrogen-bond donors (Lipinski definition) is 1. The highest BCUT2D eigenvalue weighted by molar-refractivity contribution is 6.32. The lowest BCUT2D eigenvalue weighted by Gasteiger charge is -2.05. The number of aliphatic hydroxyl groups is 1. The van der Waals surface area contributed by atoms with Crippen LogP contribution in [0.5, 0.6) is 0 Å². The molecule has 0 saturated heterocycles. The minimum Gasteiger partial charge on any atom is -0.392 e. The van der Waals surface area contributed by atoms with E-state index in [1.54, 1.807) is 0 Å². The normalized spacial score (nSPS) is 11.6. The summed E-state index contributed by atoms with van der Waals surface area (Å²) in [7, 11) is 1.92. The van der Waals surface area contributed by atoms with Gasteiger partial charge in [0.1, 0.15) is 5.15 Å². The summed E-state index contributed by atoms with van der Waals surface area (Å²) >= 11 is 6.17. The Balaban J connectivity index is 2.76.